The number of piperidine rings is 1. The van der Waals surface area contributed by atoms with Crippen LogP contribution in [0.15, 0.2) is 54.9 Å². The third-order valence-corrected chi connectivity index (χ3v) is 7.68. The average molecular weight is 582 g/mol. The first-order valence-electron chi connectivity index (χ1n) is 13.9. The number of aryl methyl sites for hydroxylation is 1. The van der Waals surface area contributed by atoms with Crippen molar-refractivity contribution in [3.8, 4) is 17.2 Å². The Hall–Kier alpha value is -3.60. The van der Waals surface area contributed by atoms with Crippen molar-refractivity contribution in [3.63, 3.8) is 0 Å². The van der Waals surface area contributed by atoms with Gasteiger partial charge in [-0.1, -0.05) is 29.8 Å². The number of nitrogens with one attached hydrogen (secondary N) is 1. The summed E-state index contributed by atoms with van der Waals surface area (Å²) in [5, 5.41) is 8.02. The Morgan fingerprint density at radius 1 is 1.12 bits per heavy atom. The number of carbonyl (C=O) groups excluding carboxylic acids is 2. The minimum atomic E-state index is -0.242. The summed E-state index contributed by atoms with van der Waals surface area (Å²) >= 11 is 6.01. The van der Waals surface area contributed by atoms with Crippen molar-refractivity contribution in [2.75, 3.05) is 40.3 Å². The number of methoxy groups -OCH3 is 1. The number of rotatable bonds is 4. The minimum Gasteiger partial charge on any atom is -0.493 e. The molecule has 2 amide bonds. The Bertz CT molecular complexity index is 1360. The molecule has 1 N–H and O–H groups in total. The highest BCUT2D eigenvalue weighted by atomic mass is 35.5. The predicted molar refractivity (Wildman–Crippen MR) is 154 cm³/mol. The van der Waals surface area contributed by atoms with Crippen LogP contribution in [0.4, 0.5) is 0 Å². The van der Waals surface area contributed by atoms with E-state index in [0.29, 0.717) is 48.4 Å². The lowest BCUT2D eigenvalue weighted by Gasteiger charge is -2.39. The fourth-order valence-electron chi connectivity index (χ4n) is 5.20. The van der Waals surface area contributed by atoms with Gasteiger partial charge in [0.15, 0.2) is 11.5 Å². The monoisotopic (exact) mass is 581 g/mol. The van der Waals surface area contributed by atoms with Gasteiger partial charge in [-0.2, -0.15) is 5.10 Å². The molecule has 10 nitrogen and oxygen atoms in total. The summed E-state index contributed by atoms with van der Waals surface area (Å²) in [5.41, 5.74) is 1.90. The number of carbonyl (C=O) groups is 2. The van der Waals surface area contributed by atoms with Crippen LogP contribution in [0.5, 0.6) is 17.2 Å². The van der Waals surface area contributed by atoms with E-state index in [4.69, 9.17) is 25.8 Å². The van der Waals surface area contributed by atoms with E-state index in [-0.39, 0.29) is 36.9 Å². The highest BCUT2D eigenvalue weighted by molar-refractivity contribution is 6.30. The van der Waals surface area contributed by atoms with E-state index in [9.17, 15) is 9.59 Å². The van der Waals surface area contributed by atoms with Gasteiger partial charge in [0.05, 0.1) is 50.2 Å². The van der Waals surface area contributed by atoms with Crippen LogP contribution < -0.4 is 14.8 Å². The molecule has 3 aliphatic heterocycles. The number of fused-ring (bicyclic) bond motifs is 9. The maximum absolute atomic E-state index is 13.0. The zero-order valence-corrected chi connectivity index (χ0v) is 24.2. The number of likely N-dealkylation sites (tertiary alicyclic amines) is 1. The molecule has 2 aromatic carbocycles. The van der Waals surface area contributed by atoms with Crippen molar-refractivity contribution < 1.29 is 23.8 Å². The van der Waals surface area contributed by atoms with Crippen LogP contribution in [-0.2, 0) is 33.9 Å². The van der Waals surface area contributed by atoms with Crippen molar-refractivity contribution in [2.24, 2.45) is 0 Å². The van der Waals surface area contributed by atoms with Gasteiger partial charge in [-0.25, -0.2) is 0 Å². The van der Waals surface area contributed by atoms with Crippen LogP contribution in [0.2, 0.25) is 5.02 Å². The van der Waals surface area contributed by atoms with Crippen LogP contribution in [0, 0.1) is 0 Å². The molecular weight excluding hydrogens is 546 g/mol. The van der Waals surface area contributed by atoms with Gasteiger partial charge in [-0.15, -0.1) is 0 Å². The van der Waals surface area contributed by atoms with Crippen LogP contribution in [0.25, 0.3) is 0 Å². The van der Waals surface area contributed by atoms with E-state index in [1.807, 2.05) is 47.1 Å². The Morgan fingerprint density at radius 3 is 2.80 bits per heavy atom. The van der Waals surface area contributed by atoms with Crippen LogP contribution in [0.1, 0.15) is 24.0 Å². The average Bonchev–Trinajstić information content (AvgIpc) is 3.39. The van der Waals surface area contributed by atoms with Gasteiger partial charge in [-0.05, 0) is 48.2 Å². The lowest BCUT2D eigenvalue weighted by Crippen LogP contribution is -2.56. The van der Waals surface area contributed by atoms with Crippen molar-refractivity contribution >= 4 is 23.4 Å². The Kier molecular flexibility index (Phi) is 9.43. The number of halogens is 1. The molecule has 4 bridgehead atoms. The number of hydrogen-bond acceptors (Lipinski definition) is 7. The molecule has 1 aromatic heterocycles. The number of amides is 2. The van der Waals surface area contributed by atoms with Crippen LogP contribution in [0.3, 0.4) is 0 Å². The normalized spacial score (nSPS) is 20.8. The molecule has 3 aromatic rings. The topological polar surface area (TPSA) is 98.2 Å². The second kappa shape index (κ2) is 13.4. The van der Waals surface area contributed by atoms with Crippen LogP contribution >= 0.6 is 11.6 Å². The molecule has 4 heterocycles. The number of hydrogen-bond donors (Lipinski definition) is 1. The summed E-state index contributed by atoms with van der Waals surface area (Å²) in [6, 6.07) is 13.2. The summed E-state index contributed by atoms with van der Waals surface area (Å²) < 4.78 is 20.0. The van der Waals surface area contributed by atoms with E-state index in [1.165, 1.54) is 4.90 Å². The minimum absolute atomic E-state index is 0.00995. The summed E-state index contributed by atoms with van der Waals surface area (Å²) in [6.07, 6.45) is 4.72. The molecule has 218 valence electrons. The zero-order valence-electron chi connectivity index (χ0n) is 23.4. The summed E-state index contributed by atoms with van der Waals surface area (Å²) in [6.45, 7) is 3.27. The highest BCUT2D eigenvalue weighted by Crippen LogP contribution is 2.33. The molecule has 11 heteroatoms. The third kappa shape index (κ3) is 7.78. The SMILES string of the molecule is COc1cc2ccc1Oc1cccc(c1)CO[C@H]1CN(CCn3cc(Cl)cn3)CC[C@@H]1NC(=O)CN(C)C(=O)CC2. The number of nitrogens with zero attached hydrogens (tertiary/aromatic N) is 4. The van der Waals surface area contributed by atoms with E-state index >= 15 is 0 Å². The molecular formula is C30H36ClN5O5. The van der Waals surface area contributed by atoms with Gasteiger partial charge in [0.25, 0.3) is 0 Å². The maximum atomic E-state index is 13.0. The van der Waals surface area contributed by atoms with Gasteiger partial charge in [0.1, 0.15) is 5.75 Å². The molecule has 0 unspecified atom stereocenters. The number of aromatic nitrogens is 2. The molecule has 0 aliphatic carbocycles. The number of benzene rings is 2. The van der Waals surface area contributed by atoms with Gasteiger partial charge < -0.3 is 24.4 Å². The smallest absolute Gasteiger partial charge is 0.239 e. The molecule has 0 radical (unpaired) electrons. The largest absolute Gasteiger partial charge is 0.493 e. The van der Waals surface area contributed by atoms with E-state index in [0.717, 1.165) is 30.6 Å². The van der Waals surface area contributed by atoms with Crippen LogP contribution in [-0.4, -0.2) is 83.9 Å². The van der Waals surface area contributed by atoms with Crippen molar-refractivity contribution in [2.45, 2.75) is 44.6 Å². The number of likely N-dealkylation sites (N-methyl/N-ethyl adjacent to an activating group) is 1. The summed E-state index contributed by atoms with van der Waals surface area (Å²) in [5.74, 6) is 1.55. The lowest BCUT2D eigenvalue weighted by molar-refractivity contribution is -0.135. The first-order valence-corrected chi connectivity index (χ1v) is 14.2. The summed E-state index contributed by atoms with van der Waals surface area (Å²) in [4.78, 5) is 29.6. The Balaban J connectivity index is 1.35. The second-order valence-corrected chi connectivity index (χ2v) is 11.0. The molecule has 1 saturated heterocycles. The lowest BCUT2D eigenvalue weighted by atomic mass is 10.0. The van der Waals surface area contributed by atoms with Gasteiger partial charge in [0.2, 0.25) is 11.8 Å². The first kappa shape index (κ1) is 28.9. The molecule has 0 saturated carbocycles. The second-order valence-electron chi connectivity index (χ2n) is 10.5. The van der Waals surface area contributed by atoms with Crippen molar-refractivity contribution in [1.82, 2.24) is 24.9 Å². The van der Waals surface area contributed by atoms with Gasteiger partial charge in [-0.3, -0.25) is 19.2 Å². The summed E-state index contributed by atoms with van der Waals surface area (Å²) in [7, 11) is 3.25. The van der Waals surface area contributed by atoms with E-state index in [2.05, 4.69) is 15.3 Å². The third-order valence-electron chi connectivity index (χ3n) is 7.49. The molecule has 3 aliphatic rings. The fourth-order valence-corrected chi connectivity index (χ4v) is 5.36. The molecule has 2 atom stereocenters. The van der Waals surface area contributed by atoms with E-state index in [1.54, 1.807) is 26.6 Å². The highest BCUT2D eigenvalue weighted by Gasteiger charge is 2.31. The molecule has 0 spiro atoms. The Labute approximate surface area is 245 Å². The maximum Gasteiger partial charge on any atom is 0.239 e. The van der Waals surface area contributed by atoms with Crippen molar-refractivity contribution in [1.29, 1.82) is 0 Å². The Morgan fingerprint density at radius 2 is 2.00 bits per heavy atom. The van der Waals surface area contributed by atoms with Gasteiger partial charge >= 0.3 is 0 Å². The zero-order chi connectivity index (χ0) is 28.8. The van der Waals surface area contributed by atoms with Gasteiger partial charge in [0, 0.05) is 39.3 Å². The van der Waals surface area contributed by atoms with E-state index < -0.39 is 0 Å². The molecule has 6 rings (SSSR count). The van der Waals surface area contributed by atoms with Crippen molar-refractivity contribution in [3.05, 3.63) is 71.0 Å². The molecule has 41 heavy (non-hydrogen) atoms. The predicted octanol–water partition coefficient (Wildman–Crippen LogP) is 3.52. The fraction of sp³-hybridized carbons (Fsp3) is 0.433. The molecule has 1 fully saturated rings. The number of ether oxygens (including phenoxy) is 3. The first-order chi connectivity index (χ1) is 19.9. The quantitative estimate of drug-likeness (QED) is 0.503. The standard InChI is InChI=1S/C30H36ClN5O5/c1-34-19-29(37)33-25-10-11-35(12-13-36-17-23(31)16-32-36)18-28(25)40-20-22-4-3-5-24(14-22)41-26-8-6-21(7-9-30(34)38)15-27(26)39-2/h3-6,8,14-17,25,28H,7,9-13,18-20H2,1-2H3,(H,33,37)/t25-,28-/m0/s1.